The number of nitrogens with zero attached hydrogens (tertiary/aromatic N) is 5. The molecule has 1 aliphatic heterocycles. The molecule has 28 heavy (non-hydrogen) atoms. The number of anilines is 1. The second kappa shape index (κ2) is 8.17. The van der Waals surface area contributed by atoms with Gasteiger partial charge in [0.15, 0.2) is 0 Å². The Morgan fingerprint density at radius 1 is 1.29 bits per heavy atom. The summed E-state index contributed by atoms with van der Waals surface area (Å²) >= 11 is 1.34. The summed E-state index contributed by atoms with van der Waals surface area (Å²) in [6.07, 6.45) is 3.64. The zero-order valence-corrected chi connectivity index (χ0v) is 16.7. The molecule has 1 atom stereocenters. The maximum absolute atomic E-state index is 12.4. The van der Waals surface area contributed by atoms with E-state index in [9.17, 15) is 4.79 Å². The van der Waals surface area contributed by atoms with Gasteiger partial charge in [-0.15, -0.1) is 10.2 Å². The van der Waals surface area contributed by atoms with Crippen LogP contribution in [0.3, 0.4) is 0 Å². The molecule has 1 aliphatic rings. The van der Waals surface area contributed by atoms with E-state index in [2.05, 4.69) is 42.3 Å². The number of H-pyrrole nitrogens is 1. The van der Waals surface area contributed by atoms with Gasteiger partial charge in [-0.05, 0) is 26.1 Å². The Balaban J connectivity index is 1.37. The number of amides is 1. The van der Waals surface area contributed by atoms with Crippen molar-refractivity contribution in [1.29, 1.82) is 0 Å². The van der Waals surface area contributed by atoms with E-state index in [1.165, 1.54) is 11.3 Å². The van der Waals surface area contributed by atoms with Crippen LogP contribution >= 0.6 is 11.3 Å². The number of rotatable bonds is 5. The molecule has 1 amide bonds. The van der Waals surface area contributed by atoms with E-state index in [1.54, 1.807) is 6.20 Å². The molecular formula is C19H23N7OS. The minimum atomic E-state index is -0.223. The summed E-state index contributed by atoms with van der Waals surface area (Å²) in [5.41, 5.74) is 1.91. The van der Waals surface area contributed by atoms with Crippen molar-refractivity contribution >= 4 is 22.9 Å². The van der Waals surface area contributed by atoms with Crippen LogP contribution in [0, 0.1) is 6.92 Å². The lowest BCUT2D eigenvalue weighted by Crippen LogP contribution is -2.46. The van der Waals surface area contributed by atoms with Crippen LogP contribution in [0.2, 0.25) is 0 Å². The van der Waals surface area contributed by atoms with Crippen molar-refractivity contribution in [2.24, 2.45) is 0 Å². The lowest BCUT2D eigenvalue weighted by molar-refractivity contribution is 0.0861. The molecule has 0 bridgehead atoms. The van der Waals surface area contributed by atoms with Crippen molar-refractivity contribution in [3.05, 3.63) is 58.1 Å². The standard InChI is InChI=1S/C19H23N7OS/c1-13-3-5-14(6-4-13)22-18(27)19-24-23-16(28-19)12-26-10-9-25(2)15(11-26)17-20-7-8-21-17/h3-8,15H,9-12H2,1-2H3,(H,20,21)(H,22,27). The predicted molar refractivity (Wildman–Crippen MR) is 108 cm³/mol. The van der Waals surface area contributed by atoms with Gasteiger partial charge in [-0.3, -0.25) is 14.6 Å². The van der Waals surface area contributed by atoms with Crippen LogP contribution in [0.1, 0.15) is 32.2 Å². The quantitative estimate of drug-likeness (QED) is 0.687. The molecule has 0 aliphatic carbocycles. The highest BCUT2D eigenvalue weighted by Crippen LogP contribution is 2.23. The number of imidazole rings is 1. The number of carbonyl (C=O) groups is 1. The fourth-order valence-electron chi connectivity index (χ4n) is 3.25. The van der Waals surface area contributed by atoms with Crippen molar-refractivity contribution in [3.63, 3.8) is 0 Å². The first-order valence-corrected chi connectivity index (χ1v) is 10.0. The number of aryl methyl sites for hydroxylation is 1. The third-order valence-electron chi connectivity index (χ3n) is 4.90. The molecule has 1 unspecified atom stereocenters. The van der Waals surface area contributed by atoms with Crippen LogP contribution in [0.4, 0.5) is 5.69 Å². The second-order valence-corrected chi connectivity index (χ2v) is 8.09. The molecule has 0 radical (unpaired) electrons. The van der Waals surface area contributed by atoms with E-state index in [0.717, 1.165) is 41.7 Å². The molecular weight excluding hydrogens is 374 g/mol. The van der Waals surface area contributed by atoms with Crippen molar-refractivity contribution < 1.29 is 4.79 Å². The largest absolute Gasteiger partial charge is 0.347 e. The first-order valence-electron chi connectivity index (χ1n) is 9.21. The van der Waals surface area contributed by atoms with Gasteiger partial charge in [0, 0.05) is 37.7 Å². The highest BCUT2D eigenvalue weighted by molar-refractivity contribution is 7.13. The van der Waals surface area contributed by atoms with Gasteiger partial charge in [0.1, 0.15) is 10.8 Å². The molecule has 2 N–H and O–H groups in total. The SMILES string of the molecule is Cc1ccc(NC(=O)c2nnc(CN3CCN(C)C(c4ncc[nH]4)C3)s2)cc1. The number of nitrogens with one attached hydrogen (secondary N) is 2. The summed E-state index contributed by atoms with van der Waals surface area (Å²) in [7, 11) is 2.11. The summed E-state index contributed by atoms with van der Waals surface area (Å²) in [6.45, 7) is 5.44. The minimum Gasteiger partial charge on any atom is -0.347 e. The predicted octanol–water partition coefficient (Wildman–Crippen LogP) is 2.31. The van der Waals surface area contributed by atoms with E-state index >= 15 is 0 Å². The van der Waals surface area contributed by atoms with Gasteiger partial charge in [0.05, 0.1) is 12.6 Å². The average Bonchev–Trinajstić information content (AvgIpc) is 3.37. The van der Waals surface area contributed by atoms with Crippen LogP contribution in [-0.2, 0) is 6.54 Å². The van der Waals surface area contributed by atoms with Crippen LogP contribution < -0.4 is 5.32 Å². The molecule has 8 nitrogen and oxygen atoms in total. The summed E-state index contributed by atoms with van der Waals surface area (Å²) in [5, 5.41) is 12.4. The number of aromatic nitrogens is 4. The third-order valence-corrected chi connectivity index (χ3v) is 5.80. The maximum atomic E-state index is 12.4. The minimum absolute atomic E-state index is 0.223. The van der Waals surface area contributed by atoms with Crippen molar-refractivity contribution in [2.75, 3.05) is 32.0 Å². The number of hydrogen-bond donors (Lipinski definition) is 2. The molecule has 2 aromatic heterocycles. The van der Waals surface area contributed by atoms with E-state index in [4.69, 9.17) is 0 Å². The monoisotopic (exact) mass is 397 g/mol. The molecule has 1 fully saturated rings. The first kappa shape index (κ1) is 18.7. The number of benzene rings is 1. The zero-order valence-electron chi connectivity index (χ0n) is 15.9. The first-order chi connectivity index (χ1) is 13.6. The summed E-state index contributed by atoms with van der Waals surface area (Å²) in [4.78, 5) is 24.7. The van der Waals surface area contributed by atoms with Gasteiger partial charge in [-0.1, -0.05) is 29.0 Å². The maximum Gasteiger partial charge on any atom is 0.286 e. The van der Waals surface area contributed by atoms with E-state index < -0.39 is 0 Å². The number of likely N-dealkylation sites (N-methyl/N-ethyl adjacent to an activating group) is 1. The van der Waals surface area contributed by atoms with Gasteiger partial charge in [-0.2, -0.15) is 0 Å². The van der Waals surface area contributed by atoms with Crippen LogP contribution in [-0.4, -0.2) is 62.6 Å². The molecule has 1 saturated heterocycles. The van der Waals surface area contributed by atoms with Gasteiger partial charge in [-0.25, -0.2) is 4.98 Å². The van der Waals surface area contributed by atoms with Gasteiger partial charge in [0.2, 0.25) is 5.01 Å². The van der Waals surface area contributed by atoms with E-state index in [-0.39, 0.29) is 11.9 Å². The van der Waals surface area contributed by atoms with E-state index in [1.807, 2.05) is 37.4 Å². The molecule has 3 aromatic rings. The Bertz CT molecular complexity index is 922. The molecule has 146 valence electrons. The van der Waals surface area contributed by atoms with Gasteiger partial charge in [0.25, 0.3) is 5.91 Å². The Kier molecular flexibility index (Phi) is 5.47. The molecule has 0 saturated carbocycles. The second-order valence-electron chi connectivity index (χ2n) is 7.03. The highest BCUT2D eigenvalue weighted by Gasteiger charge is 2.28. The highest BCUT2D eigenvalue weighted by atomic mass is 32.1. The lowest BCUT2D eigenvalue weighted by atomic mass is 10.1. The molecule has 4 rings (SSSR count). The lowest BCUT2D eigenvalue weighted by Gasteiger charge is -2.38. The Morgan fingerprint density at radius 3 is 2.86 bits per heavy atom. The average molecular weight is 398 g/mol. The van der Waals surface area contributed by atoms with Crippen LogP contribution in [0.25, 0.3) is 0 Å². The fourth-order valence-corrected chi connectivity index (χ4v) is 4.03. The summed E-state index contributed by atoms with van der Waals surface area (Å²) in [5.74, 6) is 0.752. The Labute approximate surface area is 167 Å². The molecule has 9 heteroatoms. The number of carbonyl (C=O) groups excluding carboxylic acids is 1. The topological polar surface area (TPSA) is 90.0 Å². The van der Waals surface area contributed by atoms with Crippen molar-refractivity contribution in [1.82, 2.24) is 30.0 Å². The van der Waals surface area contributed by atoms with Crippen molar-refractivity contribution in [2.45, 2.75) is 19.5 Å². The van der Waals surface area contributed by atoms with Gasteiger partial charge >= 0.3 is 0 Å². The van der Waals surface area contributed by atoms with Crippen LogP contribution in [0.15, 0.2) is 36.7 Å². The normalized spacial score (nSPS) is 18.3. The molecule has 3 heterocycles. The Hall–Kier alpha value is -2.62. The van der Waals surface area contributed by atoms with Crippen molar-refractivity contribution in [3.8, 4) is 0 Å². The van der Waals surface area contributed by atoms with Crippen LogP contribution in [0.5, 0.6) is 0 Å². The van der Waals surface area contributed by atoms with E-state index in [0.29, 0.717) is 11.6 Å². The number of hydrogen-bond acceptors (Lipinski definition) is 7. The zero-order chi connectivity index (χ0) is 19.5. The third kappa shape index (κ3) is 4.27. The summed E-state index contributed by atoms with van der Waals surface area (Å²) < 4.78 is 0. The number of piperazine rings is 1. The molecule has 1 aromatic carbocycles. The Morgan fingerprint density at radius 2 is 2.11 bits per heavy atom. The number of aromatic amines is 1. The molecule has 0 spiro atoms. The van der Waals surface area contributed by atoms with Gasteiger partial charge < -0.3 is 10.3 Å². The summed E-state index contributed by atoms with van der Waals surface area (Å²) in [6, 6.07) is 7.91. The smallest absolute Gasteiger partial charge is 0.286 e. The fraction of sp³-hybridized carbons (Fsp3) is 0.368.